The van der Waals surface area contributed by atoms with Crippen LogP contribution < -0.4 is 10.1 Å². The molecule has 0 unspecified atom stereocenters. The molecular formula is C22H27FN2O5. The zero-order valence-corrected chi connectivity index (χ0v) is 17.7. The molecule has 0 saturated carbocycles. The summed E-state index contributed by atoms with van der Waals surface area (Å²) in [6, 6.07) is 5.96. The minimum atomic E-state index is -0.731. The molecular weight excluding hydrogens is 391 g/mol. The van der Waals surface area contributed by atoms with Gasteiger partial charge in [-0.15, -0.1) is 0 Å². The Morgan fingerprint density at radius 1 is 1.23 bits per heavy atom. The van der Waals surface area contributed by atoms with Crippen LogP contribution in [0.3, 0.4) is 0 Å². The van der Waals surface area contributed by atoms with Crippen LogP contribution >= 0.6 is 0 Å². The number of benzene rings is 1. The SMILES string of the molecule is COc1ccnc(C(=O)NCC(=O)O[C@@H](C)[C@H](c2ccc(F)cc2C)C(C)C)c1O. The summed E-state index contributed by atoms with van der Waals surface area (Å²) in [6.07, 6.45) is 0.813. The summed E-state index contributed by atoms with van der Waals surface area (Å²) in [4.78, 5) is 28.3. The number of rotatable bonds is 8. The minimum absolute atomic E-state index is 0.0980. The van der Waals surface area contributed by atoms with E-state index in [0.717, 1.165) is 11.1 Å². The van der Waals surface area contributed by atoms with Crippen LogP contribution in [0.25, 0.3) is 0 Å². The predicted molar refractivity (Wildman–Crippen MR) is 109 cm³/mol. The monoisotopic (exact) mass is 418 g/mol. The number of methoxy groups -OCH3 is 1. The fraction of sp³-hybridized carbons (Fsp3) is 0.409. The topological polar surface area (TPSA) is 97.8 Å². The zero-order valence-electron chi connectivity index (χ0n) is 17.7. The van der Waals surface area contributed by atoms with Gasteiger partial charge in [0.25, 0.3) is 5.91 Å². The second kappa shape index (κ2) is 10.0. The molecule has 0 saturated heterocycles. The molecule has 1 heterocycles. The number of hydrogen-bond acceptors (Lipinski definition) is 6. The Hall–Kier alpha value is -3.16. The first-order chi connectivity index (χ1) is 14.1. The Morgan fingerprint density at radius 3 is 2.53 bits per heavy atom. The molecule has 0 radical (unpaired) electrons. The van der Waals surface area contributed by atoms with E-state index < -0.39 is 30.3 Å². The van der Waals surface area contributed by atoms with Gasteiger partial charge in [0.15, 0.2) is 17.2 Å². The molecule has 1 amide bonds. The van der Waals surface area contributed by atoms with Gasteiger partial charge >= 0.3 is 5.97 Å². The van der Waals surface area contributed by atoms with E-state index in [1.165, 1.54) is 31.5 Å². The lowest BCUT2D eigenvalue weighted by atomic mass is 9.82. The van der Waals surface area contributed by atoms with Crippen molar-refractivity contribution >= 4 is 11.9 Å². The summed E-state index contributed by atoms with van der Waals surface area (Å²) in [5.41, 5.74) is 1.43. The molecule has 2 rings (SSSR count). The van der Waals surface area contributed by atoms with Crippen LogP contribution in [-0.4, -0.2) is 41.7 Å². The number of nitrogens with zero attached hydrogens (tertiary/aromatic N) is 1. The summed E-state index contributed by atoms with van der Waals surface area (Å²) in [7, 11) is 1.35. The standard InChI is InChI=1S/C22H27FN2O5/c1-12(2)19(16-7-6-15(23)10-13(16)3)14(4)30-18(26)11-25-22(28)20-21(27)17(29-5)8-9-24-20/h6-10,12,14,19,27H,11H2,1-5H3,(H,25,28)/t14-,19+/m0/s1. The molecule has 30 heavy (non-hydrogen) atoms. The highest BCUT2D eigenvalue weighted by atomic mass is 19.1. The smallest absolute Gasteiger partial charge is 0.325 e. The maximum Gasteiger partial charge on any atom is 0.325 e. The lowest BCUT2D eigenvalue weighted by Crippen LogP contribution is -2.34. The van der Waals surface area contributed by atoms with Crippen molar-refractivity contribution in [1.29, 1.82) is 0 Å². The number of carbonyl (C=O) groups is 2. The molecule has 8 heteroatoms. The molecule has 0 aliphatic heterocycles. The molecule has 7 nitrogen and oxygen atoms in total. The number of aromatic hydroxyl groups is 1. The lowest BCUT2D eigenvalue weighted by molar-refractivity contribution is -0.148. The van der Waals surface area contributed by atoms with Crippen molar-refractivity contribution < 1.29 is 28.6 Å². The first kappa shape index (κ1) is 23.1. The van der Waals surface area contributed by atoms with Crippen molar-refractivity contribution in [3.8, 4) is 11.5 Å². The van der Waals surface area contributed by atoms with Gasteiger partial charge in [0.1, 0.15) is 18.5 Å². The third kappa shape index (κ3) is 5.46. The van der Waals surface area contributed by atoms with Crippen LogP contribution in [0.4, 0.5) is 4.39 Å². The summed E-state index contributed by atoms with van der Waals surface area (Å²) in [5, 5.41) is 12.4. The van der Waals surface area contributed by atoms with Crippen LogP contribution in [-0.2, 0) is 9.53 Å². The number of esters is 1. The highest BCUT2D eigenvalue weighted by molar-refractivity contribution is 5.97. The minimum Gasteiger partial charge on any atom is -0.503 e. The van der Waals surface area contributed by atoms with Crippen LogP contribution in [0, 0.1) is 18.7 Å². The van der Waals surface area contributed by atoms with Crippen LogP contribution in [0.15, 0.2) is 30.5 Å². The van der Waals surface area contributed by atoms with E-state index in [1.807, 2.05) is 20.8 Å². The first-order valence-corrected chi connectivity index (χ1v) is 9.61. The average molecular weight is 418 g/mol. The van der Waals surface area contributed by atoms with Crippen LogP contribution in [0.1, 0.15) is 48.3 Å². The van der Waals surface area contributed by atoms with Crippen molar-refractivity contribution in [3.05, 3.63) is 53.1 Å². The fourth-order valence-electron chi connectivity index (χ4n) is 3.49. The molecule has 2 aromatic rings. The molecule has 0 bridgehead atoms. The highest BCUT2D eigenvalue weighted by Crippen LogP contribution is 2.32. The molecule has 0 fully saturated rings. The first-order valence-electron chi connectivity index (χ1n) is 9.61. The van der Waals surface area contributed by atoms with E-state index in [0.29, 0.717) is 0 Å². The molecule has 0 spiro atoms. The quantitative estimate of drug-likeness (QED) is 0.638. The number of nitrogens with one attached hydrogen (secondary N) is 1. The van der Waals surface area contributed by atoms with Gasteiger partial charge in [-0.25, -0.2) is 9.37 Å². The van der Waals surface area contributed by atoms with E-state index in [9.17, 15) is 19.1 Å². The second-order valence-electron chi connectivity index (χ2n) is 7.36. The fourth-order valence-corrected chi connectivity index (χ4v) is 3.49. The van der Waals surface area contributed by atoms with Gasteiger partial charge in [-0.1, -0.05) is 19.9 Å². The van der Waals surface area contributed by atoms with E-state index in [-0.39, 0.29) is 29.1 Å². The number of amides is 1. The summed E-state index contributed by atoms with van der Waals surface area (Å²) in [6.45, 7) is 7.18. The van der Waals surface area contributed by atoms with E-state index in [1.54, 1.807) is 13.0 Å². The van der Waals surface area contributed by atoms with E-state index in [4.69, 9.17) is 9.47 Å². The van der Waals surface area contributed by atoms with Crippen LogP contribution in [0.2, 0.25) is 0 Å². The number of pyridine rings is 1. The average Bonchev–Trinajstić information content (AvgIpc) is 2.68. The van der Waals surface area contributed by atoms with Crippen molar-refractivity contribution in [3.63, 3.8) is 0 Å². The van der Waals surface area contributed by atoms with Gasteiger partial charge in [-0.05, 0) is 43.0 Å². The third-order valence-electron chi connectivity index (χ3n) is 4.85. The van der Waals surface area contributed by atoms with Gasteiger partial charge in [-0.2, -0.15) is 0 Å². The number of aryl methyl sites for hydroxylation is 1. The van der Waals surface area contributed by atoms with Gasteiger partial charge in [-0.3, -0.25) is 9.59 Å². The van der Waals surface area contributed by atoms with E-state index in [2.05, 4.69) is 10.3 Å². The number of carbonyl (C=O) groups excluding carboxylic acids is 2. The number of halogens is 1. The Bertz CT molecular complexity index is 916. The van der Waals surface area contributed by atoms with E-state index >= 15 is 0 Å². The molecule has 0 aliphatic carbocycles. The highest BCUT2D eigenvalue weighted by Gasteiger charge is 2.27. The Labute approximate surface area is 175 Å². The lowest BCUT2D eigenvalue weighted by Gasteiger charge is -2.29. The number of aromatic nitrogens is 1. The maximum atomic E-state index is 13.5. The van der Waals surface area contributed by atoms with Gasteiger partial charge in [0.2, 0.25) is 0 Å². The maximum absolute atomic E-state index is 13.5. The molecule has 1 aromatic heterocycles. The zero-order chi connectivity index (χ0) is 22.4. The van der Waals surface area contributed by atoms with Crippen LogP contribution in [0.5, 0.6) is 11.5 Å². The molecule has 162 valence electrons. The molecule has 1 aromatic carbocycles. The summed E-state index contributed by atoms with van der Waals surface area (Å²) < 4.78 is 23.9. The predicted octanol–water partition coefficient (Wildman–Crippen LogP) is 3.34. The Kier molecular flexibility index (Phi) is 7.74. The Balaban J connectivity index is 2.03. The molecule has 2 atom stereocenters. The third-order valence-corrected chi connectivity index (χ3v) is 4.85. The second-order valence-corrected chi connectivity index (χ2v) is 7.36. The summed E-state index contributed by atoms with van der Waals surface area (Å²) in [5.74, 6) is -2.01. The normalized spacial score (nSPS) is 12.9. The van der Waals surface area contributed by atoms with Gasteiger partial charge in [0, 0.05) is 18.2 Å². The number of hydrogen-bond donors (Lipinski definition) is 2. The molecule has 0 aliphatic rings. The number of ether oxygens (including phenoxy) is 2. The summed E-state index contributed by atoms with van der Waals surface area (Å²) >= 11 is 0. The van der Waals surface area contributed by atoms with Crippen molar-refractivity contribution in [2.45, 2.75) is 39.7 Å². The van der Waals surface area contributed by atoms with Crippen molar-refractivity contribution in [2.75, 3.05) is 13.7 Å². The van der Waals surface area contributed by atoms with Gasteiger partial charge < -0.3 is 19.9 Å². The molecule has 2 N–H and O–H groups in total. The van der Waals surface area contributed by atoms with Crippen molar-refractivity contribution in [2.24, 2.45) is 5.92 Å². The largest absolute Gasteiger partial charge is 0.503 e. The van der Waals surface area contributed by atoms with Crippen molar-refractivity contribution in [1.82, 2.24) is 10.3 Å². The Morgan fingerprint density at radius 2 is 1.93 bits per heavy atom. The van der Waals surface area contributed by atoms with Gasteiger partial charge in [0.05, 0.1) is 7.11 Å².